The second-order valence-corrected chi connectivity index (χ2v) is 5.35. The van der Waals surface area contributed by atoms with Gasteiger partial charge in [-0.05, 0) is 51.1 Å². The van der Waals surface area contributed by atoms with Gasteiger partial charge < -0.3 is 20.7 Å². The second-order valence-electron chi connectivity index (χ2n) is 5.35. The van der Waals surface area contributed by atoms with E-state index in [1.807, 2.05) is 6.07 Å². The Kier molecular flexibility index (Phi) is 4.84. The molecule has 0 aliphatic carbocycles. The summed E-state index contributed by atoms with van der Waals surface area (Å²) < 4.78 is 4.80. The van der Waals surface area contributed by atoms with Gasteiger partial charge in [0.05, 0.1) is 12.7 Å². The molecule has 0 radical (unpaired) electrons. The Bertz CT molecular complexity index is 470. The van der Waals surface area contributed by atoms with Crippen molar-refractivity contribution in [2.45, 2.75) is 25.8 Å². The number of nitrogen functional groups attached to an aromatic ring is 1. The number of rotatable bonds is 5. The molecule has 1 aromatic rings. The van der Waals surface area contributed by atoms with Gasteiger partial charge in [-0.1, -0.05) is 0 Å². The van der Waals surface area contributed by atoms with Crippen LogP contribution in [-0.4, -0.2) is 43.7 Å². The summed E-state index contributed by atoms with van der Waals surface area (Å²) in [6.07, 6.45) is 2.56. The lowest BCUT2D eigenvalue weighted by atomic mass is 10.1. The van der Waals surface area contributed by atoms with Gasteiger partial charge in [0, 0.05) is 24.0 Å². The highest BCUT2D eigenvalue weighted by molar-refractivity contribution is 5.96. The summed E-state index contributed by atoms with van der Waals surface area (Å²) in [7, 11) is 1.38. The summed E-state index contributed by atoms with van der Waals surface area (Å²) in [5.74, 6) is -0.367. The van der Waals surface area contributed by atoms with Gasteiger partial charge in [0.25, 0.3) is 0 Å². The first-order chi connectivity index (χ1) is 9.60. The van der Waals surface area contributed by atoms with E-state index in [9.17, 15) is 4.79 Å². The Morgan fingerprint density at radius 3 is 2.80 bits per heavy atom. The first kappa shape index (κ1) is 14.7. The first-order valence-corrected chi connectivity index (χ1v) is 7.07. The van der Waals surface area contributed by atoms with Crippen molar-refractivity contribution in [2.24, 2.45) is 0 Å². The molecule has 0 saturated carbocycles. The molecule has 0 bridgehead atoms. The molecule has 5 nitrogen and oxygen atoms in total. The van der Waals surface area contributed by atoms with Crippen molar-refractivity contribution in [1.82, 2.24) is 4.90 Å². The van der Waals surface area contributed by atoms with Crippen LogP contribution in [0.15, 0.2) is 18.2 Å². The summed E-state index contributed by atoms with van der Waals surface area (Å²) in [5, 5.41) is 3.38. The first-order valence-electron chi connectivity index (χ1n) is 7.07. The molecule has 0 spiro atoms. The lowest BCUT2D eigenvalue weighted by molar-refractivity contribution is 0.0602. The highest BCUT2D eigenvalue weighted by Gasteiger charge is 2.17. The maximum absolute atomic E-state index is 11.8. The van der Waals surface area contributed by atoms with Gasteiger partial charge in [-0.15, -0.1) is 0 Å². The number of methoxy groups -OCH3 is 1. The largest absolute Gasteiger partial charge is 0.465 e. The summed E-state index contributed by atoms with van der Waals surface area (Å²) in [6, 6.07) is 5.54. The Balaban J connectivity index is 2.05. The van der Waals surface area contributed by atoms with Crippen molar-refractivity contribution in [1.29, 1.82) is 0 Å². The van der Waals surface area contributed by atoms with Gasteiger partial charge in [-0.3, -0.25) is 0 Å². The maximum Gasteiger partial charge on any atom is 0.340 e. The van der Waals surface area contributed by atoms with Crippen molar-refractivity contribution in [3.05, 3.63) is 23.8 Å². The zero-order valence-electron chi connectivity index (χ0n) is 12.2. The highest BCUT2D eigenvalue weighted by Crippen LogP contribution is 2.21. The van der Waals surface area contributed by atoms with Crippen molar-refractivity contribution < 1.29 is 9.53 Å². The number of hydrogen-bond acceptors (Lipinski definition) is 5. The van der Waals surface area contributed by atoms with Crippen LogP contribution in [0.5, 0.6) is 0 Å². The zero-order valence-corrected chi connectivity index (χ0v) is 12.2. The molecule has 1 aliphatic heterocycles. The average molecular weight is 277 g/mol. The lowest BCUT2D eigenvalue weighted by Gasteiger charge is -2.23. The van der Waals surface area contributed by atoms with E-state index in [0.29, 0.717) is 11.3 Å². The zero-order chi connectivity index (χ0) is 14.5. The molecule has 1 heterocycles. The molecule has 3 N–H and O–H groups in total. The van der Waals surface area contributed by atoms with Crippen molar-refractivity contribution in [3.8, 4) is 0 Å². The van der Waals surface area contributed by atoms with E-state index in [4.69, 9.17) is 10.5 Å². The molecular formula is C15H23N3O2. The Labute approximate surface area is 120 Å². The monoisotopic (exact) mass is 277 g/mol. The Hall–Kier alpha value is -1.75. The van der Waals surface area contributed by atoms with Crippen LogP contribution < -0.4 is 11.1 Å². The molecule has 0 aromatic heterocycles. The topological polar surface area (TPSA) is 67.6 Å². The summed E-state index contributed by atoms with van der Waals surface area (Å²) in [5.41, 5.74) is 7.56. The van der Waals surface area contributed by atoms with E-state index >= 15 is 0 Å². The number of benzene rings is 1. The number of hydrogen-bond donors (Lipinski definition) is 2. The van der Waals surface area contributed by atoms with Gasteiger partial charge in [-0.25, -0.2) is 4.79 Å². The fourth-order valence-electron chi connectivity index (χ4n) is 2.63. The summed E-state index contributed by atoms with van der Waals surface area (Å²) in [4.78, 5) is 14.2. The van der Waals surface area contributed by atoms with E-state index in [0.717, 1.165) is 25.3 Å². The average Bonchev–Trinajstić information content (AvgIpc) is 2.92. The number of ether oxygens (including phenoxy) is 1. The van der Waals surface area contributed by atoms with Crippen molar-refractivity contribution in [3.63, 3.8) is 0 Å². The second kappa shape index (κ2) is 6.61. The summed E-state index contributed by atoms with van der Waals surface area (Å²) >= 11 is 0. The van der Waals surface area contributed by atoms with E-state index in [2.05, 4.69) is 17.1 Å². The number of esters is 1. The van der Waals surface area contributed by atoms with Gasteiger partial charge in [0.2, 0.25) is 0 Å². The molecule has 110 valence electrons. The SMILES string of the molecule is COC(=O)c1cc(N)ccc1NC(C)CN1CCCC1. The molecule has 5 heteroatoms. The molecule has 1 fully saturated rings. The van der Waals surface area contributed by atoms with Crippen LogP contribution in [0.25, 0.3) is 0 Å². The highest BCUT2D eigenvalue weighted by atomic mass is 16.5. The Morgan fingerprint density at radius 2 is 2.15 bits per heavy atom. The molecule has 1 saturated heterocycles. The third kappa shape index (κ3) is 3.63. The van der Waals surface area contributed by atoms with Crippen LogP contribution in [0.3, 0.4) is 0 Å². The standard InChI is InChI=1S/C15H23N3O2/c1-11(10-18-7-3-4-8-18)17-14-6-5-12(16)9-13(14)15(19)20-2/h5-6,9,11,17H,3-4,7-8,10,16H2,1-2H3. The fourth-order valence-corrected chi connectivity index (χ4v) is 2.63. The van der Waals surface area contributed by atoms with E-state index in [1.165, 1.54) is 20.0 Å². The van der Waals surface area contributed by atoms with Crippen LogP contribution in [0.1, 0.15) is 30.1 Å². The predicted molar refractivity (Wildman–Crippen MR) is 81.0 cm³/mol. The van der Waals surface area contributed by atoms with Crippen molar-refractivity contribution in [2.75, 3.05) is 37.8 Å². The third-order valence-electron chi connectivity index (χ3n) is 3.58. The molecule has 1 atom stereocenters. The molecule has 20 heavy (non-hydrogen) atoms. The number of carbonyl (C=O) groups excluding carboxylic acids is 1. The maximum atomic E-state index is 11.8. The number of nitrogens with two attached hydrogens (primary N) is 1. The van der Waals surface area contributed by atoms with Crippen LogP contribution in [0.4, 0.5) is 11.4 Å². The molecule has 1 unspecified atom stereocenters. The minimum Gasteiger partial charge on any atom is -0.465 e. The normalized spacial score (nSPS) is 16.9. The molecule has 1 aromatic carbocycles. The predicted octanol–water partition coefficient (Wildman–Crippen LogP) is 1.95. The number of likely N-dealkylation sites (tertiary alicyclic amines) is 1. The fraction of sp³-hybridized carbons (Fsp3) is 0.533. The van der Waals surface area contributed by atoms with Gasteiger partial charge in [0.1, 0.15) is 0 Å². The number of carbonyl (C=O) groups is 1. The van der Waals surface area contributed by atoms with E-state index in [1.54, 1.807) is 12.1 Å². The summed E-state index contributed by atoms with van der Waals surface area (Å²) in [6.45, 7) is 5.43. The molecule has 1 aliphatic rings. The number of anilines is 2. The Morgan fingerprint density at radius 1 is 1.45 bits per heavy atom. The van der Waals surface area contributed by atoms with Crippen LogP contribution in [-0.2, 0) is 4.74 Å². The van der Waals surface area contributed by atoms with Crippen LogP contribution >= 0.6 is 0 Å². The van der Waals surface area contributed by atoms with E-state index < -0.39 is 0 Å². The quantitative estimate of drug-likeness (QED) is 0.636. The van der Waals surface area contributed by atoms with Crippen LogP contribution in [0, 0.1) is 0 Å². The van der Waals surface area contributed by atoms with Gasteiger partial charge in [0.15, 0.2) is 0 Å². The van der Waals surface area contributed by atoms with Crippen molar-refractivity contribution >= 4 is 17.3 Å². The number of nitrogens with zero attached hydrogens (tertiary/aromatic N) is 1. The molecular weight excluding hydrogens is 254 g/mol. The minimum atomic E-state index is -0.367. The van der Waals surface area contributed by atoms with E-state index in [-0.39, 0.29) is 12.0 Å². The minimum absolute atomic E-state index is 0.264. The third-order valence-corrected chi connectivity index (χ3v) is 3.58. The van der Waals surface area contributed by atoms with Gasteiger partial charge >= 0.3 is 5.97 Å². The smallest absolute Gasteiger partial charge is 0.340 e. The lowest BCUT2D eigenvalue weighted by Crippen LogP contribution is -2.33. The number of nitrogens with one attached hydrogen (secondary N) is 1. The molecule has 0 amide bonds. The van der Waals surface area contributed by atoms with Crippen LogP contribution in [0.2, 0.25) is 0 Å². The molecule has 2 rings (SSSR count). The van der Waals surface area contributed by atoms with Gasteiger partial charge in [-0.2, -0.15) is 0 Å².